The van der Waals surface area contributed by atoms with E-state index in [4.69, 9.17) is 0 Å². The van der Waals surface area contributed by atoms with E-state index in [-0.39, 0.29) is 16.6 Å². The van der Waals surface area contributed by atoms with Gasteiger partial charge in [0.05, 0.1) is 11.2 Å². The molecule has 0 radical (unpaired) electrons. The quantitative estimate of drug-likeness (QED) is 0.147. The summed E-state index contributed by atoms with van der Waals surface area (Å²) >= 11 is 0. The highest BCUT2D eigenvalue weighted by molar-refractivity contribution is 6.08. The maximum absolute atomic E-state index is 14.5. The topological polar surface area (TPSA) is 8.17 Å². The van der Waals surface area contributed by atoms with E-state index in [9.17, 15) is 4.39 Å². The maximum Gasteiger partial charge on any atom is 0.123 e. The van der Waals surface area contributed by atoms with Crippen molar-refractivity contribution in [2.75, 3.05) is 4.90 Å². The van der Waals surface area contributed by atoms with Crippen LogP contribution in [-0.2, 0) is 10.8 Å². The second kappa shape index (κ2) is 16.3. The average molecular weight is 915 g/mol. The van der Waals surface area contributed by atoms with E-state index in [1.165, 1.54) is 66.8 Å². The van der Waals surface area contributed by atoms with Crippen molar-refractivity contribution in [2.24, 2.45) is 0 Å². The molecule has 0 N–H and O–H groups in total. The van der Waals surface area contributed by atoms with Gasteiger partial charge < -0.3 is 9.47 Å². The summed E-state index contributed by atoms with van der Waals surface area (Å²) in [4.78, 5) is 2.40. The van der Waals surface area contributed by atoms with Gasteiger partial charge >= 0.3 is 0 Å². The van der Waals surface area contributed by atoms with Crippen LogP contribution in [0.15, 0.2) is 237 Å². The van der Waals surface area contributed by atoms with Gasteiger partial charge in [0.25, 0.3) is 0 Å². The second-order valence-electron chi connectivity index (χ2n) is 20.3. The van der Waals surface area contributed by atoms with Crippen LogP contribution in [0.3, 0.4) is 0 Å². The van der Waals surface area contributed by atoms with E-state index >= 15 is 0 Å². The van der Waals surface area contributed by atoms with Crippen molar-refractivity contribution in [3.8, 4) is 72.6 Å². The molecule has 340 valence electrons. The zero-order valence-electron chi connectivity index (χ0n) is 40.3. The Morgan fingerprint density at radius 2 is 0.817 bits per heavy atom. The number of anilines is 3. The molecule has 13 rings (SSSR count). The molecule has 1 heterocycles. The summed E-state index contributed by atoms with van der Waals surface area (Å²) in [7, 11) is 0. The van der Waals surface area contributed by atoms with Gasteiger partial charge in [-0.2, -0.15) is 0 Å². The smallest absolute Gasteiger partial charge is 0.123 e. The lowest BCUT2D eigenvalue weighted by Crippen LogP contribution is -2.16. The highest BCUT2D eigenvalue weighted by Crippen LogP contribution is 2.54. The fourth-order valence-electron chi connectivity index (χ4n) is 11.8. The van der Waals surface area contributed by atoms with E-state index < -0.39 is 0 Å². The third kappa shape index (κ3) is 6.83. The minimum Gasteiger partial charge on any atom is -0.310 e. The number of hydrogen-bond acceptors (Lipinski definition) is 1. The van der Waals surface area contributed by atoms with Crippen molar-refractivity contribution in [1.82, 2.24) is 4.57 Å². The van der Waals surface area contributed by atoms with E-state index in [0.717, 1.165) is 56.0 Å². The van der Waals surface area contributed by atoms with E-state index in [1.807, 2.05) is 12.1 Å². The SMILES string of the molecule is CC1(C)c2ccccc2-c2ccc(N(c3ccc(-c4ccccc4)cc3)c3ccc(-c4ccc5c(c4)C(C)(C)c4cc6c(cc4-5)c(-c4ccccc4)c(-c4ccccc4)n6-c4ccc(F)cc4)cc3)cc21. The largest absolute Gasteiger partial charge is 0.310 e. The molecule has 0 fully saturated rings. The lowest BCUT2D eigenvalue weighted by molar-refractivity contribution is 0.627. The van der Waals surface area contributed by atoms with Crippen LogP contribution in [0.2, 0.25) is 0 Å². The Labute approximate surface area is 415 Å². The van der Waals surface area contributed by atoms with Crippen molar-refractivity contribution in [3.05, 3.63) is 265 Å². The molecule has 0 atom stereocenters. The zero-order chi connectivity index (χ0) is 48.0. The predicted octanol–water partition coefficient (Wildman–Crippen LogP) is 18.5. The van der Waals surface area contributed by atoms with E-state index in [1.54, 1.807) is 12.1 Å². The molecule has 0 saturated carbocycles. The first-order valence-corrected chi connectivity index (χ1v) is 24.7. The molecule has 11 aromatic rings. The molecular weight excluding hydrogens is 864 g/mol. The summed E-state index contributed by atoms with van der Waals surface area (Å²) in [5.41, 5.74) is 24.6. The van der Waals surface area contributed by atoms with Gasteiger partial charge in [-0.25, -0.2) is 4.39 Å². The molecule has 2 aliphatic rings. The van der Waals surface area contributed by atoms with Gasteiger partial charge in [-0.1, -0.05) is 185 Å². The Morgan fingerprint density at radius 3 is 1.48 bits per heavy atom. The monoisotopic (exact) mass is 914 g/mol. The van der Waals surface area contributed by atoms with Gasteiger partial charge in [-0.3, -0.25) is 0 Å². The first-order valence-electron chi connectivity index (χ1n) is 24.7. The molecule has 1 aromatic heterocycles. The van der Waals surface area contributed by atoms with Gasteiger partial charge in [-0.15, -0.1) is 0 Å². The van der Waals surface area contributed by atoms with Gasteiger partial charge in [0.1, 0.15) is 5.82 Å². The number of hydrogen-bond donors (Lipinski definition) is 0. The second-order valence-corrected chi connectivity index (χ2v) is 20.3. The summed E-state index contributed by atoms with van der Waals surface area (Å²) in [6, 6.07) is 84.6. The molecule has 0 saturated heterocycles. The van der Waals surface area contributed by atoms with Gasteiger partial charge in [0, 0.05) is 44.5 Å². The molecular formula is C68H51FN2. The number of aromatic nitrogens is 1. The molecule has 0 unspecified atom stereocenters. The number of halogens is 1. The first-order chi connectivity index (χ1) is 34.6. The number of benzene rings is 10. The van der Waals surface area contributed by atoms with Crippen LogP contribution >= 0.6 is 0 Å². The first kappa shape index (κ1) is 42.6. The fourth-order valence-corrected chi connectivity index (χ4v) is 11.8. The summed E-state index contributed by atoms with van der Waals surface area (Å²) < 4.78 is 16.9. The van der Waals surface area contributed by atoms with Crippen molar-refractivity contribution in [3.63, 3.8) is 0 Å². The van der Waals surface area contributed by atoms with Crippen LogP contribution in [0.25, 0.3) is 83.5 Å². The Bertz CT molecular complexity index is 3830. The minimum atomic E-state index is -0.295. The van der Waals surface area contributed by atoms with Crippen molar-refractivity contribution in [2.45, 2.75) is 38.5 Å². The molecule has 3 heteroatoms. The Morgan fingerprint density at radius 1 is 0.352 bits per heavy atom. The molecule has 2 nitrogen and oxygen atoms in total. The molecule has 0 aliphatic heterocycles. The predicted molar refractivity (Wildman–Crippen MR) is 295 cm³/mol. The fraction of sp³-hybridized carbons (Fsp3) is 0.0882. The van der Waals surface area contributed by atoms with Gasteiger partial charge in [-0.05, 0) is 157 Å². The minimum absolute atomic E-state index is 0.121. The normalized spacial score (nSPS) is 13.6. The third-order valence-corrected chi connectivity index (χ3v) is 15.5. The standard InChI is InChI=1S/C68H51FN2/c1-67(2)60-23-15-14-22-55(60)56-39-37-54(41-62(56)67)70(51-31-24-45(25-32-51)44-16-8-5-9-17-44)52-33-26-46(27-34-52)49-28-38-57-58-42-59-64(43-63(58)68(3,4)61(57)40-49)71(53-35-29-50(69)30-36-53)66(48-20-12-7-13-21-48)65(59)47-18-10-6-11-19-47/h5-43H,1-4H3. The summed E-state index contributed by atoms with van der Waals surface area (Å²) in [5, 5.41) is 1.16. The van der Waals surface area contributed by atoms with Crippen molar-refractivity contribution < 1.29 is 4.39 Å². The van der Waals surface area contributed by atoms with Crippen LogP contribution in [0.5, 0.6) is 0 Å². The number of rotatable bonds is 8. The van der Waals surface area contributed by atoms with Crippen LogP contribution in [0, 0.1) is 5.82 Å². The summed E-state index contributed by atoms with van der Waals surface area (Å²) in [5.74, 6) is -0.251. The highest BCUT2D eigenvalue weighted by Gasteiger charge is 2.38. The van der Waals surface area contributed by atoms with E-state index in [2.05, 4.69) is 249 Å². The summed E-state index contributed by atoms with van der Waals surface area (Å²) in [6.07, 6.45) is 0. The van der Waals surface area contributed by atoms with Crippen LogP contribution in [-0.4, -0.2) is 4.57 Å². The van der Waals surface area contributed by atoms with Crippen LogP contribution < -0.4 is 4.90 Å². The third-order valence-electron chi connectivity index (χ3n) is 15.5. The summed E-state index contributed by atoms with van der Waals surface area (Å²) in [6.45, 7) is 9.41. The Hall–Kier alpha value is -8.53. The van der Waals surface area contributed by atoms with Crippen molar-refractivity contribution in [1.29, 1.82) is 0 Å². The van der Waals surface area contributed by atoms with Gasteiger partial charge in [0.2, 0.25) is 0 Å². The highest BCUT2D eigenvalue weighted by atomic mass is 19.1. The Kier molecular flexibility index (Phi) is 9.76. The molecule has 2 aliphatic carbocycles. The Balaban J connectivity index is 0.913. The molecule has 0 spiro atoms. The van der Waals surface area contributed by atoms with E-state index in [0.29, 0.717) is 0 Å². The van der Waals surface area contributed by atoms with Gasteiger partial charge in [0.15, 0.2) is 0 Å². The molecule has 0 bridgehead atoms. The maximum atomic E-state index is 14.5. The lowest BCUT2D eigenvalue weighted by Gasteiger charge is -2.28. The lowest BCUT2D eigenvalue weighted by atomic mass is 9.81. The van der Waals surface area contributed by atoms with Crippen LogP contribution in [0.1, 0.15) is 49.9 Å². The zero-order valence-corrected chi connectivity index (χ0v) is 40.3. The number of fused-ring (bicyclic) bond motifs is 7. The molecule has 0 amide bonds. The average Bonchev–Trinajstić information content (AvgIpc) is 3.96. The van der Waals surface area contributed by atoms with Crippen LogP contribution in [0.4, 0.5) is 21.5 Å². The number of nitrogens with zero attached hydrogens (tertiary/aromatic N) is 2. The molecule has 71 heavy (non-hydrogen) atoms. The van der Waals surface area contributed by atoms with Crippen molar-refractivity contribution >= 4 is 28.0 Å². The molecule has 10 aromatic carbocycles.